The summed E-state index contributed by atoms with van der Waals surface area (Å²) >= 11 is 0. The first-order valence-electron chi connectivity index (χ1n) is 4.68. The van der Waals surface area contributed by atoms with Gasteiger partial charge in [0.1, 0.15) is 0 Å². The Morgan fingerprint density at radius 1 is 1.73 bits per heavy atom. The Morgan fingerprint density at radius 2 is 2.40 bits per heavy atom. The van der Waals surface area contributed by atoms with Crippen molar-refractivity contribution in [2.24, 2.45) is 0 Å². The number of aliphatic hydroxyl groups is 1. The fourth-order valence-electron chi connectivity index (χ4n) is 1.13. The van der Waals surface area contributed by atoms with Gasteiger partial charge in [-0.05, 0) is 19.9 Å². The Bertz CT molecular complexity index is 366. The second-order valence-corrected chi connectivity index (χ2v) is 3.46. The normalized spacial score (nSPS) is 12.2. The Hall–Kier alpha value is -1.62. The molecule has 1 atom stereocenters. The van der Waals surface area contributed by atoms with Crippen molar-refractivity contribution in [2.75, 3.05) is 12.3 Å². The number of nitrogen functional groups attached to an aromatic ring is 1. The molecule has 0 spiro atoms. The number of hydrogen-bond donors (Lipinski definition) is 3. The van der Waals surface area contributed by atoms with Gasteiger partial charge in [-0.15, -0.1) is 0 Å². The largest absolute Gasteiger partial charge is 0.397 e. The van der Waals surface area contributed by atoms with Crippen LogP contribution in [0.1, 0.15) is 23.0 Å². The SMILES string of the molecule is Cc1ncc(N)cc1C(=O)N[C@@H](C)CO. The Morgan fingerprint density at radius 3 is 3.00 bits per heavy atom. The molecule has 5 heteroatoms. The van der Waals surface area contributed by atoms with Gasteiger partial charge in [-0.25, -0.2) is 0 Å². The number of carbonyl (C=O) groups is 1. The van der Waals surface area contributed by atoms with Crippen LogP contribution in [0.3, 0.4) is 0 Å². The molecule has 82 valence electrons. The zero-order valence-electron chi connectivity index (χ0n) is 8.82. The number of aryl methyl sites for hydroxylation is 1. The molecule has 0 aliphatic rings. The third-order valence-electron chi connectivity index (χ3n) is 2.00. The number of nitrogens with one attached hydrogen (secondary N) is 1. The van der Waals surface area contributed by atoms with Gasteiger partial charge in [-0.1, -0.05) is 0 Å². The van der Waals surface area contributed by atoms with Gasteiger partial charge in [-0.2, -0.15) is 0 Å². The number of carbonyl (C=O) groups excluding carboxylic acids is 1. The summed E-state index contributed by atoms with van der Waals surface area (Å²) in [4.78, 5) is 15.7. The summed E-state index contributed by atoms with van der Waals surface area (Å²) in [7, 11) is 0. The predicted molar refractivity (Wildman–Crippen MR) is 57.4 cm³/mol. The number of pyridine rings is 1. The number of aliphatic hydroxyl groups excluding tert-OH is 1. The first kappa shape index (κ1) is 11.5. The van der Waals surface area contributed by atoms with Crippen LogP contribution in [0.2, 0.25) is 0 Å². The van der Waals surface area contributed by atoms with Crippen LogP contribution in [0, 0.1) is 6.92 Å². The maximum absolute atomic E-state index is 11.7. The van der Waals surface area contributed by atoms with E-state index in [2.05, 4.69) is 10.3 Å². The number of amides is 1. The van der Waals surface area contributed by atoms with Gasteiger partial charge in [0.05, 0.1) is 29.7 Å². The van der Waals surface area contributed by atoms with Crippen molar-refractivity contribution in [1.29, 1.82) is 0 Å². The van der Waals surface area contributed by atoms with Gasteiger partial charge in [0.25, 0.3) is 5.91 Å². The Kier molecular flexibility index (Phi) is 3.62. The van der Waals surface area contributed by atoms with Crippen molar-refractivity contribution < 1.29 is 9.90 Å². The van der Waals surface area contributed by atoms with E-state index in [-0.39, 0.29) is 18.6 Å². The van der Waals surface area contributed by atoms with Crippen LogP contribution in [0.5, 0.6) is 0 Å². The van der Waals surface area contributed by atoms with E-state index in [1.54, 1.807) is 19.9 Å². The van der Waals surface area contributed by atoms with Crippen LogP contribution in [-0.4, -0.2) is 28.6 Å². The average molecular weight is 209 g/mol. The van der Waals surface area contributed by atoms with Gasteiger partial charge < -0.3 is 16.2 Å². The molecule has 1 aromatic heterocycles. The summed E-state index contributed by atoms with van der Waals surface area (Å²) in [6.45, 7) is 3.35. The van der Waals surface area contributed by atoms with Gasteiger partial charge in [0, 0.05) is 6.04 Å². The number of nitrogens with two attached hydrogens (primary N) is 1. The predicted octanol–water partition coefficient (Wildman–Crippen LogP) is 0.0828. The molecule has 0 saturated carbocycles. The lowest BCUT2D eigenvalue weighted by molar-refractivity contribution is 0.0921. The van der Waals surface area contributed by atoms with Crippen LogP contribution in [-0.2, 0) is 0 Å². The molecule has 0 bridgehead atoms. The van der Waals surface area contributed by atoms with Crippen molar-refractivity contribution in [3.63, 3.8) is 0 Å². The fraction of sp³-hybridized carbons (Fsp3) is 0.400. The maximum atomic E-state index is 11.7. The fourth-order valence-corrected chi connectivity index (χ4v) is 1.13. The van der Waals surface area contributed by atoms with E-state index in [4.69, 9.17) is 10.8 Å². The molecule has 1 aromatic rings. The third-order valence-corrected chi connectivity index (χ3v) is 2.00. The Labute approximate surface area is 88.3 Å². The van der Waals surface area contributed by atoms with Gasteiger partial charge >= 0.3 is 0 Å². The second-order valence-electron chi connectivity index (χ2n) is 3.46. The van der Waals surface area contributed by atoms with Crippen LogP contribution >= 0.6 is 0 Å². The van der Waals surface area contributed by atoms with E-state index in [1.165, 1.54) is 6.20 Å². The first-order valence-corrected chi connectivity index (χ1v) is 4.68. The lowest BCUT2D eigenvalue weighted by atomic mass is 10.1. The first-order chi connectivity index (χ1) is 7.04. The minimum Gasteiger partial charge on any atom is -0.397 e. The minimum atomic E-state index is -0.279. The molecular weight excluding hydrogens is 194 g/mol. The number of hydrogen-bond acceptors (Lipinski definition) is 4. The molecule has 0 saturated heterocycles. The van der Waals surface area contributed by atoms with Crippen LogP contribution in [0.25, 0.3) is 0 Å². The summed E-state index contributed by atoms with van der Waals surface area (Å²) in [6.07, 6.45) is 1.50. The standard InChI is InChI=1S/C10H15N3O2/c1-6(5-14)13-10(15)9-3-8(11)4-12-7(9)2/h3-4,6,14H,5,11H2,1-2H3,(H,13,15)/t6-/m0/s1. The number of aromatic nitrogens is 1. The summed E-state index contributed by atoms with van der Waals surface area (Å²) in [5, 5.41) is 11.4. The lowest BCUT2D eigenvalue weighted by Gasteiger charge is -2.12. The van der Waals surface area contributed by atoms with E-state index >= 15 is 0 Å². The average Bonchev–Trinajstić information content (AvgIpc) is 2.21. The summed E-state index contributed by atoms with van der Waals surface area (Å²) in [5.74, 6) is -0.270. The number of nitrogens with zero attached hydrogens (tertiary/aromatic N) is 1. The lowest BCUT2D eigenvalue weighted by Crippen LogP contribution is -2.35. The molecule has 0 radical (unpaired) electrons. The van der Waals surface area contributed by atoms with Crippen LogP contribution < -0.4 is 11.1 Å². The zero-order valence-corrected chi connectivity index (χ0v) is 8.82. The molecule has 1 heterocycles. The van der Waals surface area contributed by atoms with Crippen molar-refractivity contribution in [2.45, 2.75) is 19.9 Å². The molecule has 1 amide bonds. The third kappa shape index (κ3) is 2.92. The highest BCUT2D eigenvalue weighted by Crippen LogP contribution is 2.09. The molecule has 0 aromatic carbocycles. The minimum absolute atomic E-state index is 0.0967. The molecule has 4 N–H and O–H groups in total. The van der Waals surface area contributed by atoms with Crippen molar-refractivity contribution >= 4 is 11.6 Å². The Balaban J connectivity index is 2.86. The van der Waals surface area contributed by atoms with Crippen molar-refractivity contribution in [3.8, 4) is 0 Å². The number of rotatable bonds is 3. The van der Waals surface area contributed by atoms with Crippen molar-refractivity contribution in [1.82, 2.24) is 10.3 Å². The second kappa shape index (κ2) is 4.75. The topological polar surface area (TPSA) is 88.2 Å². The molecule has 15 heavy (non-hydrogen) atoms. The molecular formula is C10H15N3O2. The highest BCUT2D eigenvalue weighted by Gasteiger charge is 2.12. The van der Waals surface area contributed by atoms with Crippen LogP contribution in [0.4, 0.5) is 5.69 Å². The van der Waals surface area contributed by atoms with Gasteiger partial charge in [-0.3, -0.25) is 9.78 Å². The van der Waals surface area contributed by atoms with E-state index in [0.29, 0.717) is 16.9 Å². The quantitative estimate of drug-likeness (QED) is 0.658. The van der Waals surface area contributed by atoms with Crippen LogP contribution in [0.15, 0.2) is 12.3 Å². The van der Waals surface area contributed by atoms with Crippen molar-refractivity contribution in [3.05, 3.63) is 23.5 Å². The van der Waals surface area contributed by atoms with Gasteiger partial charge in [0.2, 0.25) is 0 Å². The monoisotopic (exact) mass is 209 g/mol. The smallest absolute Gasteiger partial charge is 0.253 e. The van der Waals surface area contributed by atoms with E-state index in [1.807, 2.05) is 0 Å². The molecule has 0 aliphatic carbocycles. The highest BCUT2D eigenvalue weighted by molar-refractivity contribution is 5.96. The highest BCUT2D eigenvalue weighted by atomic mass is 16.3. The molecule has 1 rings (SSSR count). The molecule has 0 aliphatic heterocycles. The van der Waals surface area contributed by atoms with E-state index in [0.717, 1.165) is 0 Å². The molecule has 5 nitrogen and oxygen atoms in total. The molecule has 0 fully saturated rings. The van der Waals surface area contributed by atoms with E-state index in [9.17, 15) is 4.79 Å². The van der Waals surface area contributed by atoms with Gasteiger partial charge in [0.15, 0.2) is 0 Å². The van der Waals surface area contributed by atoms with E-state index < -0.39 is 0 Å². The maximum Gasteiger partial charge on any atom is 0.253 e. The molecule has 0 unspecified atom stereocenters. The summed E-state index contributed by atoms with van der Waals surface area (Å²) in [6, 6.07) is 1.29. The zero-order chi connectivity index (χ0) is 11.4. The summed E-state index contributed by atoms with van der Waals surface area (Å²) < 4.78 is 0. The number of anilines is 1. The summed E-state index contributed by atoms with van der Waals surface area (Å²) in [5.41, 5.74) is 7.04.